The van der Waals surface area contributed by atoms with Crippen molar-refractivity contribution in [1.29, 1.82) is 0 Å². The Bertz CT molecular complexity index is 236. The van der Waals surface area contributed by atoms with Gasteiger partial charge in [0.2, 0.25) is 0 Å². The van der Waals surface area contributed by atoms with Gasteiger partial charge in [0.25, 0.3) is 0 Å². The minimum atomic E-state index is -3.14. The molecule has 0 rings (SSSR count). The van der Waals surface area contributed by atoms with Gasteiger partial charge in [-0.3, -0.25) is 0 Å². The second-order valence-electron chi connectivity index (χ2n) is 4.35. The average molecular weight is 194 g/mol. The van der Waals surface area contributed by atoms with E-state index in [2.05, 4.69) is 0 Å². The summed E-state index contributed by atoms with van der Waals surface area (Å²) in [5, 5.41) is 8.91. The van der Waals surface area contributed by atoms with Gasteiger partial charge in [-0.2, -0.15) is 0 Å². The number of sulfone groups is 1. The van der Waals surface area contributed by atoms with E-state index in [1.807, 2.05) is 20.8 Å². The SMILES string of the molecule is C[C@H]([C@@H](O)C(C)(C)C)S(C)(=O)=O. The topological polar surface area (TPSA) is 54.4 Å². The van der Waals surface area contributed by atoms with Gasteiger partial charge in [0.15, 0.2) is 9.84 Å². The molecular weight excluding hydrogens is 176 g/mol. The van der Waals surface area contributed by atoms with Crippen LogP contribution in [0.1, 0.15) is 27.7 Å². The molecule has 0 aliphatic carbocycles. The fourth-order valence-electron chi connectivity index (χ4n) is 0.938. The molecule has 74 valence electrons. The number of aliphatic hydroxyl groups is 1. The Balaban J connectivity index is 4.64. The molecule has 3 nitrogen and oxygen atoms in total. The molecule has 0 aromatic rings. The Morgan fingerprint density at radius 3 is 1.67 bits per heavy atom. The molecule has 0 bridgehead atoms. The molecule has 0 aromatic heterocycles. The van der Waals surface area contributed by atoms with E-state index >= 15 is 0 Å². The molecule has 0 radical (unpaired) electrons. The molecule has 4 heteroatoms. The van der Waals surface area contributed by atoms with E-state index in [1.54, 1.807) is 0 Å². The van der Waals surface area contributed by atoms with Crippen LogP contribution in [0.15, 0.2) is 0 Å². The summed E-state index contributed by atoms with van der Waals surface area (Å²) >= 11 is 0. The van der Waals surface area contributed by atoms with Crippen molar-refractivity contribution >= 4 is 9.84 Å². The zero-order valence-corrected chi connectivity index (χ0v) is 9.14. The highest BCUT2D eigenvalue weighted by Crippen LogP contribution is 2.24. The van der Waals surface area contributed by atoms with Crippen molar-refractivity contribution in [3.8, 4) is 0 Å². The molecule has 0 fully saturated rings. The van der Waals surface area contributed by atoms with Crippen molar-refractivity contribution in [2.75, 3.05) is 6.26 Å². The molecule has 0 unspecified atom stereocenters. The fraction of sp³-hybridized carbons (Fsp3) is 1.00. The van der Waals surface area contributed by atoms with E-state index in [1.165, 1.54) is 6.92 Å². The molecule has 0 saturated heterocycles. The molecular formula is C8H18O3S. The number of aliphatic hydroxyl groups excluding tert-OH is 1. The van der Waals surface area contributed by atoms with Gasteiger partial charge in [0.1, 0.15) is 0 Å². The standard InChI is InChI=1S/C8H18O3S/c1-6(12(5,10)11)7(9)8(2,3)4/h6-7,9H,1-5H3/t6-,7-/m1/s1. The second kappa shape index (κ2) is 3.34. The van der Waals surface area contributed by atoms with Crippen LogP contribution in [0.2, 0.25) is 0 Å². The molecule has 0 aromatic carbocycles. The van der Waals surface area contributed by atoms with Gasteiger partial charge in [0, 0.05) is 6.26 Å². The average Bonchev–Trinajstić information content (AvgIpc) is 1.80. The summed E-state index contributed by atoms with van der Waals surface area (Å²) in [6.07, 6.45) is 0.333. The number of hydrogen-bond acceptors (Lipinski definition) is 3. The first-order chi connectivity index (χ1) is 5.07. The highest BCUT2D eigenvalue weighted by atomic mass is 32.2. The molecule has 2 atom stereocenters. The van der Waals surface area contributed by atoms with Gasteiger partial charge >= 0.3 is 0 Å². The predicted octanol–water partition coefficient (Wildman–Crippen LogP) is 0.827. The van der Waals surface area contributed by atoms with Crippen LogP contribution in [0.5, 0.6) is 0 Å². The molecule has 12 heavy (non-hydrogen) atoms. The minimum Gasteiger partial charge on any atom is -0.391 e. The third-order valence-electron chi connectivity index (χ3n) is 2.01. The molecule has 0 amide bonds. The maximum absolute atomic E-state index is 11.1. The van der Waals surface area contributed by atoms with Crippen LogP contribution in [0, 0.1) is 5.41 Å². The van der Waals surface area contributed by atoms with E-state index in [0.29, 0.717) is 0 Å². The first-order valence-corrected chi connectivity index (χ1v) is 5.89. The lowest BCUT2D eigenvalue weighted by atomic mass is 9.87. The van der Waals surface area contributed by atoms with Crippen molar-refractivity contribution in [3.63, 3.8) is 0 Å². The smallest absolute Gasteiger partial charge is 0.152 e. The van der Waals surface area contributed by atoms with Crippen LogP contribution in [-0.4, -0.2) is 31.1 Å². The van der Waals surface area contributed by atoms with Crippen molar-refractivity contribution < 1.29 is 13.5 Å². The second-order valence-corrected chi connectivity index (χ2v) is 6.75. The van der Waals surface area contributed by atoms with Gasteiger partial charge < -0.3 is 5.11 Å². The lowest BCUT2D eigenvalue weighted by Gasteiger charge is -2.29. The normalized spacial score (nSPS) is 18.8. The monoisotopic (exact) mass is 194 g/mol. The Hall–Kier alpha value is -0.0900. The van der Waals surface area contributed by atoms with Gasteiger partial charge in [-0.15, -0.1) is 0 Å². The van der Waals surface area contributed by atoms with Crippen molar-refractivity contribution in [3.05, 3.63) is 0 Å². The molecule has 0 saturated carbocycles. The summed E-state index contributed by atoms with van der Waals surface area (Å²) in [5.74, 6) is 0. The van der Waals surface area contributed by atoms with E-state index in [0.717, 1.165) is 6.26 Å². The number of hydrogen-bond donors (Lipinski definition) is 1. The van der Waals surface area contributed by atoms with Gasteiger partial charge in [-0.1, -0.05) is 20.8 Å². The number of rotatable bonds is 2. The van der Waals surface area contributed by atoms with Crippen LogP contribution in [0.4, 0.5) is 0 Å². The van der Waals surface area contributed by atoms with Crippen molar-refractivity contribution in [2.24, 2.45) is 5.41 Å². The summed E-state index contributed by atoms with van der Waals surface area (Å²) in [7, 11) is -3.14. The third kappa shape index (κ3) is 3.11. The van der Waals surface area contributed by atoms with Crippen LogP contribution in [0.3, 0.4) is 0 Å². The zero-order valence-electron chi connectivity index (χ0n) is 8.33. The summed E-state index contributed by atoms with van der Waals surface area (Å²) in [6, 6.07) is 0. The molecule has 0 heterocycles. The molecule has 0 aliphatic rings. The van der Waals surface area contributed by atoms with Gasteiger partial charge in [0.05, 0.1) is 11.4 Å². The largest absolute Gasteiger partial charge is 0.391 e. The molecule has 1 N–H and O–H groups in total. The van der Waals surface area contributed by atoms with Crippen molar-refractivity contribution in [2.45, 2.75) is 39.0 Å². The highest BCUT2D eigenvalue weighted by Gasteiger charge is 2.33. The van der Waals surface area contributed by atoms with E-state index in [-0.39, 0.29) is 5.41 Å². The van der Waals surface area contributed by atoms with E-state index < -0.39 is 21.2 Å². The van der Waals surface area contributed by atoms with Crippen LogP contribution < -0.4 is 0 Å². The maximum Gasteiger partial charge on any atom is 0.152 e. The summed E-state index contributed by atoms with van der Waals surface area (Å²) in [5.41, 5.74) is -0.386. The quantitative estimate of drug-likeness (QED) is 0.708. The Kier molecular flexibility index (Phi) is 3.32. The molecule has 0 spiro atoms. The minimum absolute atomic E-state index is 0.386. The van der Waals surface area contributed by atoms with E-state index in [4.69, 9.17) is 0 Å². The zero-order chi connectivity index (χ0) is 10.2. The maximum atomic E-state index is 11.1. The Morgan fingerprint density at radius 1 is 1.25 bits per heavy atom. The predicted molar refractivity (Wildman–Crippen MR) is 49.8 cm³/mol. The van der Waals surface area contributed by atoms with Crippen molar-refractivity contribution in [1.82, 2.24) is 0 Å². The highest BCUT2D eigenvalue weighted by molar-refractivity contribution is 7.91. The fourth-order valence-corrected chi connectivity index (χ4v) is 1.81. The molecule has 0 aliphatic heterocycles. The van der Waals surface area contributed by atoms with Crippen LogP contribution in [-0.2, 0) is 9.84 Å². The summed E-state index contributed by atoms with van der Waals surface area (Å²) in [6.45, 7) is 6.99. The Labute approximate surface area is 74.7 Å². The van der Waals surface area contributed by atoms with Crippen LogP contribution in [0.25, 0.3) is 0 Å². The summed E-state index contributed by atoms with van der Waals surface area (Å²) in [4.78, 5) is 0. The lowest BCUT2D eigenvalue weighted by Crippen LogP contribution is -2.40. The van der Waals surface area contributed by atoms with Gasteiger partial charge in [-0.25, -0.2) is 8.42 Å². The summed E-state index contributed by atoms with van der Waals surface area (Å²) < 4.78 is 22.1. The third-order valence-corrected chi connectivity index (χ3v) is 3.62. The van der Waals surface area contributed by atoms with E-state index in [9.17, 15) is 13.5 Å². The first-order valence-electron chi connectivity index (χ1n) is 3.93. The first kappa shape index (κ1) is 11.9. The van der Waals surface area contributed by atoms with Gasteiger partial charge in [-0.05, 0) is 12.3 Å². The van der Waals surface area contributed by atoms with Crippen LogP contribution >= 0.6 is 0 Å². The lowest BCUT2D eigenvalue weighted by molar-refractivity contribution is 0.0628. The Morgan fingerprint density at radius 2 is 1.58 bits per heavy atom.